The number of benzene rings is 4. The second kappa shape index (κ2) is 11.6. The van der Waals surface area contributed by atoms with Crippen molar-refractivity contribution in [2.24, 2.45) is 0 Å². The van der Waals surface area contributed by atoms with Crippen molar-refractivity contribution in [1.29, 1.82) is 0 Å². The van der Waals surface area contributed by atoms with Crippen LogP contribution in [-0.4, -0.2) is 17.7 Å². The van der Waals surface area contributed by atoms with Crippen molar-refractivity contribution >= 4 is 24.0 Å². The van der Waals surface area contributed by atoms with Crippen LogP contribution in [0.2, 0.25) is 0 Å². The third-order valence-corrected chi connectivity index (χ3v) is 9.20. The van der Waals surface area contributed by atoms with Crippen LogP contribution in [0.1, 0.15) is 38.8 Å². The third-order valence-electron chi connectivity index (χ3n) is 6.48. The number of rotatable bonds is 8. The first-order valence-electron chi connectivity index (χ1n) is 12.9. The number of ether oxygens (including phenoxy) is 1. The number of nitrogens with one attached hydrogen (secondary N) is 2. The molecule has 39 heavy (non-hydrogen) atoms. The largest absolute Gasteiger partial charge is 0.444 e. The summed E-state index contributed by atoms with van der Waals surface area (Å²) < 4.78 is 35.1. The van der Waals surface area contributed by atoms with Crippen LogP contribution in [0.3, 0.4) is 0 Å². The van der Waals surface area contributed by atoms with Crippen LogP contribution in [0.15, 0.2) is 115 Å². The Bertz CT molecular complexity index is 1380. The van der Waals surface area contributed by atoms with Crippen molar-refractivity contribution in [3.63, 3.8) is 0 Å². The monoisotopic (exact) mass is 544 g/mol. The van der Waals surface area contributed by atoms with E-state index >= 15 is 4.57 Å². The van der Waals surface area contributed by atoms with Crippen molar-refractivity contribution in [3.05, 3.63) is 132 Å². The average molecular weight is 545 g/mol. The molecule has 4 rings (SSSR count). The Morgan fingerprint density at radius 1 is 0.744 bits per heavy atom. The number of alkyl carbamates (subject to hydrolysis) is 1. The van der Waals surface area contributed by atoms with Crippen LogP contribution in [0.4, 0.5) is 9.18 Å². The lowest BCUT2D eigenvalue weighted by Gasteiger charge is -2.44. The Morgan fingerprint density at radius 3 is 1.64 bits per heavy atom. The molecule has 5 nitrogen and oxygen atoms in total. The predicted octanol–water partition coefficient (Wildman–Crippen LogP) is 6.50. The van der Waals surface area contributed by atoms with Gasteiger partial charge in [0.05, 0.1) is 11.6 Å². The Morgan fingerprint density at radius 2 is 1.18 bits per heavy atom. The molecule has 0 unspecified atom stereocenters. The molecule has 0 radical (unpaired) electrons. The molecule has 1 amide bonds. The average Bonchev–Trinajstić information content (AvgIpc) is 2.92. The highest BCUT2D eigenvalue weighted by atomic mass is 31.2. The van der Waals surface area contributed by atoms with Gasteiger partial charge in [-0.3, -0.25) is 4.57 Å². The van der Waals surface area contributed by atoms with Gasteiger partial charge in [0.15, 0.2) is 0 Å². The zero-order valence-corrected chi connectivity index (χ0v) is 23.5. The van der Waals surface area contributed by atoms with E-state index in [0.717, 1.165) is 5.56 Å². The minimum absolute atomic E-state index is 0.400. The van der Waals surface area contributed by atoms with Gasteiger partial charge in [0.25, 0.3) is 0 Å². The highest BCUT2D eigenvalue weighted by molar-refractivity contribution is 7.77. The molecule has 2 N–H and O–H groups in total. The van der Waals surface area contributed by atoms with Crippen molar-refractivity contribution in [2.45, 2.75) is 44.9 Å². The molecule has 202 valence electrons. The smallest absolute Gasteiger partial charge is 0.407 e. The normalized spacial score (nSPS) is 14.2. The number of amides is 1. The molecule has 0 saturated carbocycles. The summed E-state index contributed by atoms with van der Waals surface area (Å²) in [5.74, 6) is -0.400. The van der Waals surface area contributed by atoms with Gasteiger partial charge in [-0.15, -0.1) is 0 Å². The lowest BCUT2D eigenvalue weighted by molar-refractivity contribution is 0.0487. The molecule has 0 fully saturated rings. The van der Waals surface area contributed by atoms with Crippen LogP contribution >= 0.6 is 7.29 Å². The first-order chi connectivity index (χ1) is 18.5. The Balaban J connectivity index is 1.98. The number of hydrogen-bond acceptors (Lipinski definition) is 3. The molecular formula is C32H34FN2O3P. The fourth-order valence-electron chi connectivity index (χ4n) is 4.70. The second-order valence-corrected chi connectivity index (χ2v) is 12.9. The summed E-state index contributed by atoms with van der Waals surface area (Å²) in [5.41, 5.74) is -0.600. The number of carbonyl (C=O) groups excluding carboxylic acids is 1. The molecule has 4 aromatic rings. The van der Waals surface area contributed by atoms with Crippen LogP contribution in [-0.2, 0) is 14.8 Å². The van der Waals surface area contributed by atoms with Gasteiger partial charge in [-0.05, 0) is 75.2 Å². The first-order valence-corrected chi connectivity index (χ1v) is 14.6. The van der Waals surface area contributed by atoms with Crippen LogP contribution < -0.4 is 21.0 Å². The molecule has 0 aliphatic carbocycles. The molecule has 0 saturated heterocycles. The zero-order valence-electron chi connectivity index (χ0n) is 22.6. The number of carbonyl (C=O) groups is 1. The quantitative estimate of drug-likeness (QED) is 0.249. The van der Waals surface area contributed by atoms with Crippen molar-refractivity contribution in [2.75, 3.05) is 0 Å². The summed E-state index contributed by atoms with van der Waals surface area (Å²) in [6.07, 6.45) is -0.617. The minimum Gasteiger partial charge on any atom is -0.444 e. The molecule has 7 heteroatoms. The Hall–Kier alpha value is -3.73. The van der Waals surface area contributed by atoms with Gasteiger partial charge in [0.2, 0.25) is 7.29 Å². The van der Waals surface area contributed by atoms with Gasteiger partial charge in [-0.1, -0.05) is 78.9 Å². The highest BCUT2D eigenvalue weighted by Gasteiger charge is 2.47. The zero-order chi connectivity index (χ0) is 28.1. The van der Waals surface area contributed by atoms with Gasteiger partial charge in [-0.2, -0.15) is 0 Å². The van der Waals surface area contributed by atoms with Crippen LogP contribution in [0.5, 0.6) is 0 Å². The summed E-state index contributed by atoms with van der Waals surface area (Å²) in [7, 11) is -3.56. The third kappa shape index (κ3) is 6.30. The maximum Gasteiger partial charge on any atom is 0.407 e. The van der Waals surface area contributed by atoms with Crippen molar-refractivity contribution < 1.29 is 18.5 Å². The van der Waals surface area contributed by atoms with E-state index in [-0.39, 0.29) is 0 Å². The summed E-state index contributed by atoms with van der Waals surface area (Å²) in [6.45, 7) is 7.20. The molecule has 0 aromatic heterocycles. The number of halogens is 1. The van der Waals surface area contributed by atoms with E-state index < -0.39 is 36.4 Å². The van der Waals surface area contributed by atoms with Gasteiger partial charge < -0.3 is 10.1 Å². The fraction of sp³-hybridized carbons (Fsp3) is 0.219. The first kappa shape index (κ1) is 28.3. The summed E-state index contributed by atoms with van der Waals surface area (Å²) in [6, 6.07) is 33.2. The second-order valence-electron chi connectivity index (χ2n) is 10.4. The SMILES string of the molecule is C[C@H](NC(=O)OC(C)(C)C)[C@@](NP(=O)(c1ccccc1)c1ccccc1)(c1ccccc1)c1ccc(F)cc1. The van der Waals surface area contributed by atoms with E-state index in [0.29, 0.717) is 16.2 Å². The number of hydrogen-bond donors (Lipinski definition) is 2. The van der Waals surface area contributed by atoms with Crippen LogP contribution in [0, 0.1) is 5.82 Å². The van der Waals surface area contributed by atoms with Crippen molar-refractivity contribution in [3.8, 4) is 0 Å². The van der Waals surface area contributed by atoms with Crippen LogP contribution in [0.25, 0.3) is 0 Å². The molecular weight excluding hydrogens is 510 g/mol. The standard InChI is InChI=1S/C32H34FN2O3P/c1-24(34-30(36)38-31(2,3)4)32(25-14-8-5-9-15-25,26-20-22-27(33)23-21-26)35-39(37,28-16-10-6-11-17-28)29-18-12-7-13-19-29/h5-24H,1-4H3,(H,34,36)(H,35,37)/t24-,32+/m0/s1. The Kier molecular flexibility index (Phi) is 8.39. The van der Waals surface area contributed by atoms with Gasteiger partial charge in [-0.25, -0.2) is 14.3 Å². The van der Waals surface area contributed by atoms with Gasteiger partial charge in [0, 0.05) is 10.6 Å². The van der Waals surface area contributed by atoms with Crippen molar-refractivity contribution in [1.82, 2.24) is 10.4 Å². The molecule has 0 spiro atoms. The van der Waals surface area contributed by atoms with E-state index in [9.17, 15) is 9.18 Å². The molecule has 0 heterocycles. The minimum atomic E-state index is -3.56. The summed E-state index contributed by atoms with van der Waals surface area (Å²) in [5, 5.41) is 7.74. The van der Waals surface area contributed by atoms with Gasteiger partial charge >= 0.3 is 6.09 Å². The summed E-state index contributed by atoms with van der Waals surface area (Å²) in [4.78, 5) is 13.0. The molecule has 0 aliphatic rings. The van der Waals surface area contributed by atoms with E-state index in [1.165, 1.54) is 12.1 Å². The van der Waals surface area contributed by atoms with Gasteiger partial charge in [0.1, 0.15) is 11.4 Å². The topological polar surface area (TPSA) is 67.4 Å². The highest BCUT2D eigenvalue weighted by Crippen LogP contribution is 2.47. The fourth-order valence-corrected chi connectivity index (χ4v) is 7.39. The molecule has 2 atom stereocenters. The lowest BCUT2D eigenvalue weighted by atomic mass is 9.78. The molecule has 0 aliphatic heterocycles. The predicted molar refractivity (Wildman–Crippen MR) is 155 cm³/mol. The molecule has 4 aromatic carbocycles. The maximum atomic E-state index is 15.3. The van der Waals surface area contributed by atoms with E-state index in [1.54, 1.807) is 32.9 Å². The Labute approximate surface area is 229 Å². The van der Waals surface area contributed by atoms with E-state index in [4.69, 9.17) is 4.74 Å². The summed E-state index contributed by atoms with van der Waals surface area (Å²) >= 11 is 0. The maximum absolute atomic E-state index is 15.3. The van der Waals surface area contributed by atoms with E-state index in [2.05, 4.69) is 10.4 Å². The lowest BCUT2D eigenvalue weighted by Crippen LogP contribution is -2.58. The van der Waals surface area contributed by atoms with E-state index in [1.807, 2.05) is 97.9 Å². The molecule has 0 bridgehead atoms.